The van der Waals surface area contributed by atoms with Crippen molar-refractivity contribution in [2.24, 2.45) is 5.10 Å². The number of carbonyl (C=O) groups excluding carboxylic acids is 1. The van der Waals surface area contributed by atoms with E-state index in [4.69, 9.17) is 0 Å². The van der Waals surface area contributed by atoms with E-state index in [0.29, 0.717) is 11.1 Å². The topological polar surface area (TPSA) is 83.7 Å². The molecule has 1 amide bonds. The molecule has 0 saturated heterocycles. The molecule has 0 spiro atoms. The Labute approximate surface area is 183 Å². The molecule has 160 valence electrons. The van der Waals surface area contributed by atoms with Gasteiger partial charge in [-0.05, 0) is 75.4 Å². The number of carboxylic acids is 1. The maximum atomic E-state index is 13.0. The fraction of sp³-hybridized carbons (Fsp3) is 0.261. The maximum absolute atomic E-state index is 13.0. The van der Waals surface area contributed by atoms with Gasteiger partial charge in [-0.25, -0.2) is 14.6 Å². The lowest BCUT2D eigenvalue weighted by Crippen LogP contribution is -2.17. The molecule has 31 heavy (non-hydrogen) atoms. The molecule has 0 aliphatic heterocycles. The second-order valence-corrected chi connectivity index (χ2v) is 8.65. The number of aromatic nitrogens is 1. The van der Waals surface area contributed by atoms with Gasteiger partial charge in [-0.2, -0.15) is 5.10 Å². The standard InChI is InChI=1S/C23H22FN3O3S/c1-13-11-16(12-25-26-21(28)15-7-9-17(24)10-8-15)14(2)27(13)22-20(23(29)30)18-5-3-4-6-19(18)31-22/h7-12H,3-6H2,1-2H3,(H,26,28)(H,29,30). The number of hydrogen-bond donors (Lipinski definition) is 2. The van der Waals surface area contributed by atoms with Crippen LogP contribution < -0.4 is 5.43 Å². The van der Waals surface area contributed by atoms with Gasteiger partial charge < -0.3 is 9.67 Å². The van der Waals surface area contributed by atoms with E-state index in [9.17, 15) is 19.1 Å². The SMILES string of the molecule is Cc1cc(C=NNC(=O)c2ccc(F)cc2)c(C)n1-c1sc2c(c1C(=O)O)CCCC2. The predicted molar refractivity (Wildman–Crippen MR) is 118 cm³/mol. The average Bonchev–Trinajstić information content (AvgIpc) is 3.25. The van der Waals surface area contributed by atoms with Gasteiger partial charge in [0.25, 0.3) is 5.91 Å². The summed E-state index contributed by atoms with van der Waals surface area (Å²) < 4.78 is 15.0. The zero-order valence-electron chi connectivity index (χ0n) is 17.2. The van der Waals surface area contributed by atoms with Crippen LogP contribution in [0.15, 0.2) is 35.4 Å². The summed E-state index contributed by atoms with van der Waals surface area (Å²) in [6, 6.07) is 7.11. The molecular formula is C23H22FN3O3S. The van der Waals surface area contributed by atoms with Gasteiger partial charge in [0, 0.05) is 27.4 Å². The highest BCUT2D eigenvalue weighted by molar-refractivity contribution is 7.15. The smallest absolute Gasteiger partial charge is 0.339 e. The molecule has 0 fully saturated rings. The van der Waals surface area contributed by atoms with Crippen LogP contribution in [-0.4, -0.2) is 27.8 Å². The van der Waals surface area contributed by atoms with Crippen molar-refractivity contribution in [1.82, 2.24) is 9.99 Å². The summed E-state index contributed by atoms with van der Waals surface area (Å²) in [6.45, 7) is 3.83. The third-order valence-corrected chi connectivity index (χ3v) is 6.79. The van der Waals surface area contributed by atoms with Gasteiger partial charge in [-0.3, -0.25) is 4.79 Å². The summed E-state index contributed by atoms with van der Waals surface area (Å²) >= 11 is 1.55. The van der Waals surface area contributed by atoms with Gasteiger partial charge in [-0.1, -0.05) is 0 Å². The highest BCUT2D eigenvalue weighted by Gasteiger charge is 2.27. The number of hydrazone groups is 1. The van der Waals surface area contributed by atoms with E-state index >= 15 is 0 Å². The van der Waals surface area contributed by atoms with Crippen LogP contribution in [0.2, 0.25) is 0 Å². The van der Waals surface area contributed by atoms with Crippen molar-refractivity contribution in [3.8, 4) is 5.00 Å². The lowest BCUT2D eigenvalue weighted by molar-refractivity contribution is 0.0695. The number of aryl methyl sites for hydroxylation is 2. The third kappa shape index (κ3) is 4.03. The predicted octanol–water partition coefficient (Wildman–Crippen LogP) is 4.64. The zero-order chi connectivity index (χ0) is 22.1. The van der Waals surface area contributed by atoms with Crippen LogP contribution in [0.3, 0.4) is 0 Å². The van der Waals surface area contributed by atoms with Crippen molar-refractivity contribution in [3.63, 3.8) is 0 Å². The molecule has 1 aliphatic rings. The number of amides is 1. The van der Waals surface area contributed by atoms with Crippen molar-refractivity contribution in [2.45, 2.75) is 39.5 Å². The molecule has 8 heteroatoms. The van der Waals surface area contributed by atoms with Crippen molar-refractivity contribution in [3.05, 3.63) is 74.7 Å². The second kappa shape index (κ2) is 8.47. The molecule has 4 rings (SSSR count). The number of carbonyl (C=O) groups is 2. The Balaban J connectivity index is 1.62. The minimum absolute atomic E-state index is 0.305. The van der Waals surface area contributed by atoms with E-state index in [1.165, 1.54) is 30.5 Å². The summed E-state index contributed by atoms with van der Waals surface area (Å²) in [5.41, 5.74) is 6.62. The number of halogens is 1. The number of carboxylic acid groups (broad SMARTS) is 1. The summed E-state index contributed by atoms with van der Waals surface area (Å²) in [6.07, 6.45) is 5.36. The first-order valence-electron chi connectivity index (χ1n) is 10.0. The Morgan fingerprint density at radius 1 is 1.19 bits per heavy atom. The van der Waals surface area contributed by atoms with E-state index in [0.717, 1.165) is 58.1 Å². The molecule has 1 aliphatic carbocycles. The number of rotatable bonds is 5. The Morgan fingerprint density at radius 3 is 2.61 bits per heavy atom. The third-order valence-electron chi connectivity index (χ3n) is 5.52. The van der Waals surface area contributed by atoms with Crippen molar-refractivity contribution in [1.29, 1.82) is 0 Å². The molecular weight excluding hydrogens is 417 g/mol. The molecule has 0 atom stereocenters. The number of nitrogens with zero attached hydrogens (tertiary/aromatic N) is 2. The van der Waals surface area contributed by atoms with Gasteiger partial charge in [0.05, 0.1) is 11.8 Å². The largest absolute Gasteiger partial charge is 0.478 e. The first-order chi connectivity index (χ1) is 14.9. The first kappa shape index (κ1) is 21.0. The number of aromatic carboxylic acids is 1. The monoisotopic (exact) mass is 439 g/mol. The minimum atomic E-state index is -0.899. The zero-order valence-corrected chi connectivity index (χ0v) is 18.1. The molecule has 0 radical (unpaired) electrons. The Morgan fingerprint density at radius 2 is 1.90 bits per heavy atom. The molecule has 2 heterocycles. The summed E-state index contributed by atoms with van der Waals surface area (Å²) in [7, 11) is 0. The van der Waals surface area contributed by atoms with E-state index in [1.807, 2.05) is 24.5 Å². The molecule has 0 bridgehead atoms. The Kier molecular flexibility index (Phi) is 5.73. The minimum Gasteiger partial charge on any atom is -0.478 e. The molecule has 3 aromatic rings. The van der Waals surface area contributed by atoms with E-state index < -0.39 is 17.7 Å². The van der Waals surface area contributed by atoms with Gasteiger partial charge in [0.1, 0.15) is 10.8 Å². The highest BCUT2D eigenvalue weighted by atomic mass is 32.1. The van der Waals surface area contributed by atoms with Crippen LogP contribution >= 0.6 is 11.3 Å². The van der Waals surface area contributed by atoms with Crippen molar-refractivity contribution >= 4 is 29.4 Å². The van der Waals surface area contributed by atoms with Crippen LogP contribution in [0.1, 0.15) is 60.9 Å². The molecule has 2 N–H and O–H groups in total. The lowest BCUT2D eigenvalue weighted by Gasteiger charge is -2.11. The quantitative estimate of drug-likeness (QED) is 0.449. The summed E-state index contributed by atoms with van der Waals surface area (Å²) in [5, 5.41) is 14.6. The van der Waals surface area contributed by atoms with Gasteiger partial charge in [0.2, 0.25) is 0 Å². The van der Waals surface area contributed by atoms with Crippen LogP contribution in [0.4, 0.5) is 4.39 Å². The average molecular weight is 440 g/mol. The van der Waals surface area contributed by atoms with E-state index in [1.54, 1.807) is 11.3 Å². The summed E-state index contributed by atoms with van der Waals surface area (Å²) in [5.74, 6) is -1.75. The maximum Gasteiger partial charge on any atom is 0.339 e. The fourth-order valence-electron chi connectivity index (χ4n) is 3.99. The van der Waals surface area contributed by atoms with E-state index in [-0.39, 0.29) is 0 Å². The van der Waals surface area contributed by atoms with Crippen LogP contribution in [0.5, 0.6) is 0 Å². The number of thiophene rings is 1. The van der Waals surface area contributed by atoms with Crippen LogP contribution in [0.25, 0.3) is 5.00 Å². The summed E-state index contributed by atoms with van der Waals surface area (Å²) in [4.78, 5) is 25.4. The molecule has 1 aromatic carbocycles. The number of nitrogens with one attached hydrogen (secondary N) is 1. The Bertz CT molecular complexity index is 1190. The highest BCUT2D eigenvalue weighted by Crippen LogP contribution is 2.38. The van der Waals surface area contributed by atoms with Gasteiger partial charge in [0.15, 0.2) is 0 Å². The lowest BCUT2D eigenvalue weighted by atomic mass is 9.95. The molecule has 6 nitrogen and oxygen atoms in total. The number of benzene rings is 1. The van der Waals surface area contributed by atoms with Gasteiger partial charge in [-0.15, -0.1) is 11.3 Å². The van der Waals surface area contributed by atoms with Crippen LogP contribution in [0, 0.1) is 19.7 Å². The number of fused-ring (bicyclic) bond motifs is 1. The Hall–Kier alpha value is -3.26. The molecule has 0 unspecified atom stereocenters. The van der Waals surface area contributed by atoms with E-state index in [2.05, 4.69) is 10.5 Å². The molecule has 0 saturated carbocycles. The van der Waals surface area contributed by atoms with Crippen molar-refractivity contribution < 1.29 is 19.1 Å². The second-order valence-electron chi connectivity index (χ2n) is 7.56. The number of hydrogen-bond acceptors (Lipinski definition) is 4. The van der Waals surface area contributed by atoms with Crippen LogP contribution in [-0.2, 0) is 12.8 Å². The first-order valence-corrected chi connectivity index (χ1v) is 10.8. The fourth-order valence-corrected chi connectivity index (χ4v) is 5.48. The normalized spacial score (nSPS) is 13.4. The van der Waals surface area contributed by atoms with Gasteiger partial charge >= 0.3 is 5.97 Å². The molecule has 2 aromatic heterocycles. The van der Waals surface area contributed by atoms with Crippen molar-refractivity contribution in [2.75, 3.05) is 0 Å².